The number of likely N-dealkylation sites (tertiary alicyclic amines) is 2. The number of urea groups is 1. The fourth-order valence-electron chi connectivity index (χ4n) is 4.33. The van der Waals surface area contributed by atoms with E-state index in [9.17, 15) is 9.59 Å². The third-order valence-electron chi connectivity index (χ3n) is 5.83. The summed E-state index contributed by atoms with van der Waals surface area (Å²) < 4.78 is 6.11. The van der Waals surface area contributed by atoms with Crippen molar-refractivity contribution in [3.8, 4) is 5.88 Å². The number of piperidine rings is 1. The topological polar surface area (TPSA) is 74.8 Å². The van der Waals surface area contributed by atoms with Gasteiger partial charge in [0.1, 0.15) is 11.7 Å². The predicted molar refractivity (Wildman–Crippen MR) is 120 cm³/mol. The Bertz CT molecular complexity index is 935. The zero-order valence-electron chi connectivity index (χ0n) is 18.3. The van der Waals surface area contributed by atoms with Crippen LogP contribution in [-0.2, 0) is 0 Å². The van der Waals surface area contributed by atoms with E-state index >= 15 is 0 Å². The highest BCUT2D eigenvalue weighted by molar-refractivity contribution is 5.96. The lowest BCUT2D eigenvalue weighted by Gasteiger charge is -2.27. The molecule has 1 aromatic carbocycles. The number of amides is 3. The number of pyridine rings is 1. The van der Waals surface area contributed by atoms with E-state index in [2.05, 4.69) is 16.4 Å². The fraction of sp³-hybridized carbons (Fsp3) is 0.458. The van der Waals surface area contributed by atoms with E-state index in [1.165, 1.54) is 6.42 Å². The Morgan fingerprint density at radius 1 is 1.03 bits per heavy atom. The second-order valence-electron chi connectivity index (χ2n) is 8.49. The number of carbonyl (C=O) groups excluding carboxylic acids is 2. The molecule has 2 aliphatic rings. The highest BCUT2D eigenvalue weighted by Gasteiger charge is 2.30. The summed E-state index contributed by atoms with van der Waals surface area (Å²) >= 11 is 0. The molecule has 2 saturated heterocycles. The Balaban J connectivity index is 1.38. The molecular weight excluding hydrogens is 392 g/mol. The van der Waals surface area contributed by atoms with Crippen molar-refractivity contribution in [1.82, 2.24) is 14.8 Å². The van der Waals surface area contributed by atoms with Gasteiger partial charge >= 0.3 is 6.03 Å². The molecular formula is C24H30N4O3. The first-order chi connectivity index (χ1) is 15.0. The van der Waals surface area contributed by atoms with E-state index in [0.29, 0.717) is 31.0 Å². The van der Waals surface area contributed by atoms with Gasteiger partial charge in [0.2, 0.25) is 5.88 Å². The average molecular weight is 423 g/mol. The van der Waals surface area contributed by atoms with Crippen LogP contribution in [-0.4, -0.2) is 59.0 Å². The Kier molecular flexibility index (Phi) is 6.39. The van der Waals surface area contributed by atoms with Gasteiger partial charge in [-0.15, -0.1) is 0 Å². The smallest absolute Gasteiger partial charge is 0.321 e. The molecule has 3 heterocycles. The second kappa shape index (κ2) is 9.37. The van der Waals surface area contributed by atoms with Crippen molar-refractivity contribution in [3.05, 3.63) is 53.2 Å². The normalized spacial score (nSPS) is 18.7. The second-order valence-corrected chi connectivity index (χ2v) is 8.49. The van der Waals surface area contributed by atoms with Gasteiger partial charge in [-0.1, -0.05) is 6.07 Å². The number of anilines is 1. The summed E-state index contributed by atoms with van der Waals surface area (Å²) in [6, 6.07) is 9.40. The number of hydrogen-bond acceptors (Lipinski definition) is 4. The van der Waals surface area contributed by atoms with Crippen LogP contribution in [0.3, 0.4) is 0 Å². The van der Waals surface area contributed by atoms with Gasteiger partial charge in [-0.05, 0) is 68.5 Å². The molecule has 0 aliphatic carbocycles. The molecule has 1 atom stereocenters. The van der Waals surface area contributed by atoms with Crippen LogP contribution in [0.2, 0.25) is 0 Å². The maximum absolute atomic E-state index is 13.0. The Hall–Kier alpha value is -3.09. The summed E-state index contributed by atoms with van der Waals surface area (Å²) in [6.07, 6.45) is 5.40. The molecule has 3 amide bonds. The fourth-order valence-corrected chi connectivity index (χ4v) is 4.33. The molecule has 164 valence electrons. The van der Waals surface area contributed by atoms with Crippen molar-refractivity contribution < 1.29 is 14.3 Å². The maximum Gasteiger partial charge on any atom is 0.321 e. The minimum absolute atomic E-state index is 0.0230. The Morgan fingerprint density at radius 2 is 1.77 bits per heavy atom. The predicted octanol–water partition coefficient (Wildman–Crippen LogP) is 4.01. The number of aromatic nitrogens is 1. The lowest BCUT2D eigenvalue weighted by atomic mass is 10.1. The highest BCUT2D eigenvalue weighted by Crippen LogP contribution is 2.24. The molecule has 0 radical (unpaired) electrons. The summed E-state index contributed by atoms with van der Waals surface area (Å²) in [5.74, 6) is 0.338. The summed E-state index contributed by atoms with van der Waals surface area (Å²) in [5, 5.41) is 2.98. The summed E-state index contributed by atoms with van der Waals surface area (Å²) in [6.45, 7) is 6.65. The molecule has 2 aromatic rings. The van der Waals surface area contributed by atoms with Crippen LogP contribution < -0.4 is 10.1 Å². The third kappa shape index (κ3) is 5.16. The minimum atomic E-state index is -0.187. The number of benzene rings is 1. The van der Waals surface area contributed by atoms with Gasteiger partial charge in [0.25, 0.3) is 5.91 Å². The standard InChI is InChI=1S/C24H30N4O3/c1-17-13-18(2)15-19(14-17)26-24(30)28-12-8-20(16-28)31-22-21(7-6-9-25-22)23(29)27-10-4-3-5-11-27/h6-7,9,13-15,20H,3-5,8,10-12,16H2,1-2H3,(H,26,30). The van der Waals surface area contributed by atoms with E-state index in [4.69, 9.17) is 4.74 Å². The lowest BCUT2D eigenvalue weighted by molar-refractivity contribution is 0.0715. The van der Waals surface area contributed by atoms with Crippen LogP contribution in [0.25, 0.3) is 0 Å². The van der Waals surface area contributed by atoms with Crippen molar-refractivity contribution in [2.45, 2.75) is 45.6 Å². The van der Waals surface area contributed by atoms with E-state index in [1.54, 1.807) is 23.2 Å². The zero-order chi connectivity index (χ0) is 21.8. The molecule has 31 heavy (non-hydrogen) atoms. The van der Waals surface area contributed by atoms with Crippen molar-refractivity contribution in [2.24, 2.45) is 0 Å². The number of carbonyl (C=O) groups is 2. The van der Waals surface area contributed by atoms with Crippen LogP contribution in [0.15, 0.2) is 36.5 Å². The highest BCUT2D eigenvalue weighted by atomic mass is 16.5. The third-order valence-corrected chi connectivity index (χ3v) is 5.83. The van der Waals surface area contributed by atoms with Crippen molar-refractivity contribution in [3.63, 3.8) is 0 Å². The molecule has 1 N–H and O–H groups in total. The van der Waals surface area contributed by atoms with Crippen LogP contribution in [0, 0.1) is 13.8 Å². The summed E-state index contributed by atoms with van der Waals surface area (Å²) in [5.41, 5.74) is 3.52. The Morgan fingerprint density at radius 3 is 2.52 bits per heavy atom. The maximum atomic E-state index is 13.0. The minimum Gasteiger partial charge on any atom is -0.472 e. The zero-order valence-corrected chi connectivity index (χ0v) is 18.3. The quantitative estimate of drug-likeness (QED) is 0.808. The van der Waals surface area contributed by atoms with Crippen LogP contribution >= 0.6 is 0 Å². The monoisotopic (exact) mass is 422 g/mol. The first-order valence-corrected chi connectivity index (χ1v) is 11.0. The molecule has 7 heteroatoms. The van der Waals surface area contributed by atoms with Gasteiger partial charge in [-0.3, -0.25) is 4.79 Å². The Labute approximate surface area is 183 Å². The number of aryl methyl sites for hydroxylation is 2. The lowest BCUT2D eigenvalue weighted by Crippen LogP contribution is -2.36. The number of rotatable bonds is 4. The molecule has 7 nitrogen and oxygen atoms in total. The van der Waals surface area contributed by atoms with E-state index < -0.39 is 0 Å². The number of nitrogens with one attached hydrogen (secondary N) is 1. The summed E-state index contributed by atoms with van der Waals surface area (Å²) in [7, 11) is 0. The average Bonchev–Trinajstić information content (AvgIpc) is 3.22. The van der Waals surface area contributed by atoms with Crippen LogP contribution in [0.4, 0.5) is 10.5 Å². The largest absolute Gasteiger partial charge is 0.472 e. The molecule has 1 unspecified atom stereocenters. The van der Waals surface area contributed by atoms with E-state index in [1.807, 2.05) is 30.9 Å². The van der Waals surface area contributed by atoms with E-state index in [-0.39, 0.29) is 18.0 Å². The van der Waals surface area contributed by atoms with Gasteiger partial charge in [0, 0.05) is 37.9 Å². The SMILES string of the molecule is Cc1cc(C)cc(NC(=O)N2CCC(Oc3ncccc3C(=O)N3CCCCC3)C2)c1. The number of nitrogens with zero attached hydrogens (tertiary/aromatic N) is 3. The molecule has 4 rings (SSSR count). The van der Waals surface area contributed by atoms with Crippen LogP contribution in [0.5, 0.6) is 5.88 Å². The van der Waals surface area contributed by atoms with Gasteiger partial charge < -0.3 is 19.9 Å². The molecule has 1 aromatic heterocycles. The van der Waals surface area contributed by atoms with Gasteiger partial charge in [-0.2, -0.15) is 0 Å². The molecule has 2 fully saturated rings. The first kappa shape index (κ1) is 21.2. The number of hydrogen-bond donors (Lipinski definition) is 1. The van der Waals surface area contributed by atoms with Crippen LogP contribution in [0.1, 0.15) is 47.2 Å². The van der Waals surface area contributed by atoms with Gasteiger partial charge in [-0.25, -0.2) is 9.78 Å². The molecule has 0 saturated carbocycles. The first-order valence-electron chi connectivity index (χ1n) is 11.0. The van der Waals surface area contributed by atoms with Crippen molar-refractivity contribution >= 4 is 17.6 Å². The summed E-state index contributed by atoms with van der Waals surface area (Å²) in [4.78, 5) is 33.6. The van der Waals surface area contributed by atoms with Gasteiger partial charge in [0.05, 0.1) is 6.54 Å². The van der Waals surface area contributed by atoms with Crippen molar-refractivity contribution in [1.29, 1.82) is 0 Å². The molecule has 2 aliphatic heterocycles. The number of ether oxygens (including phenoxy) is 1. The van der Waals surface area contributed by atoms with E-state index in [0.717, 1.165) is 42.7 Å². The molecule has 0 spiro atoms. The molecule has 0 bridgehead atoms. The van der Waals surface area contributed by atoms with Gasteiger partial charge in [0.15, 0.2) is 0 Å². The van der Waals surface area contributed by atoms with Crippen molar-refractivity contribution in [2.75, 3.05) is 31.5 Å².